The van der Waals surface area contributed by atoms with Crippen molar-refractivity contribution in [3.05, 3.63) is 55.2 Å². The van der Waals surface area contributed by atoms with Crippen molar-refractivity contribution in [2.45, 2.75) is 26.2 Å². The molecule has 0 fully saturated rings. The van der Waals surface area contributed by atoms with E-state index in [0.29, 0.717) is 9.66 Å². The number of nitrogens with zero attached hydrogens (tertiary/aromatic N) is 1. The van der Waals surface area contributed by atoms with E-state index < -0.39 is 0 Å². The Morgan fingerprint density at radius 2 is 2.16 bits per heavy atom. The molecule has 1 heterocycles. The molecule has 1 N–H and O–H groups in total. The number of hydrogen-bond acceptors (Lipinski definition) is 2. The molecule has 5 heteroatoms. The number of nitrogens with one attached hydrogen (secondary N) is 1. The van der Waals surface area contributed by atoms with Gasteiger partial charge in [-0.2, -0.15) is 0 Å². The van der Waals surface area contributed by atoms with Gasteiger partial charge in [-0.05, 0) is 37.8 Å². The zero-order valence-electron chi connectivity index (χ0n) is 10.5. The van der Waals surface area contributed by atoms with Crippen molar-refractivity contribution in [3.8, 4) is 5.69 Å². The number of fused-ring (bicyclic) bond motifs is 1. The molecule has 0 spiro atoms. The summed E-state index contributed by atoms with van der Waals surface area (Å²) >= 11 is 11.5. The van der Waals surface area contributed by atoms with Gasteiger partial charge in [0.25, 0.3) is 0 Å². The molecule has 19 heavy (non-hydrogen) atoms. The van der Waals surface area contributed by atoms with Crippen molar-refractivity contribution in [3.63, 3.8) is 0 Å². The van der Waals surface area contributed by atoms with E-state index in [1.54, 1.807) is 10.6 Å². The first kappa shape index (κ1) is 12.6. The summed E-state index contributed by atoms with van der Waals surface area (Å²) in [6.07, 6.45) is 2.82. The molecule has 2 aromatic rings. The first-order chi connectivity index (χ1) is 9.09. The summed E-state index contributed by atoms with van der Waals surface area (Å²) < 4.78 is 2.26. The van der Waals surface area contributed by atoms with E-state index in [1.807, 2.05) is 19.1 Å². The fourth-order valence-electron chi connectivity index (χ4n) is 2.71. The maximum atomic E-state index is 12.3. The van der Waals surface area contributed by atoms with Gasteiger partial charge in [-0.25, -0.2) is 4.79 Å². The van der Waals surface area contributed by atoms with Crippen molar-refractivity contribution in [2.24, 2.45) is 0 Å². The predicted octanol–water partition coefficient (Wildman–Crippen LogP) is 3.35. The first-order valence-corrected chi connectivity index (χ1v) is 7.01. The Labute approximate surface area is 120 Å². The molecule has 98 valence electrons. The Morgan fingerprint density at radius 3 is 2.89 bits per heavy atom. The molecule has 1 aliphatic rings. The Hall–Kier alpha value is -1.39. The van der Waals surface area contributed by atoms with Crippen LogP contribution >= 0.6 is 23.8 Å². The molecule has 0 unspecified atom stereocenters. The van der Waals surface area contributed by atoms with Gasteiger partial charge in [0.1, 0.15) is 4.64 Å². The van der Waals surface area contributed by atoms with Gasteiger partial charge in [0.2, 0.25) is 0 Å². The number of benzene rings is 1. The van der Waals surface area contributed by atoms with E-state index in [9.17, 15) is 4.79 Å². The smallest absolute Gasteiger partial charge is 0.298 e. The van der Waals surface area contributed by atoms with Crippen LogP contribution in [0, 0.1) is 11.6 Å². The van der Waals surface area contributed by atoms with Crippen molar-refractivity contribution in [1.29, 1.82) is 0 Å². The summed E-state index contributed by atoms with van der Waals surface area (Å²) in [6, 6.07) is 5.65. The van der Waals surface area contributed by atoms with Gasteiger partial charge in [-0.15, -0.1) is 0 Å². The Morgan fingerprint density at radius 1 is 1.37 bits per heavy atom. The van der Waals surface area contributed by atoms with Crippen molar-refractivity contribution < 1.29 is 0 Å². The lowest BCUT2D eigenvalue weighted by molar-refractivity contribution is 0.820. The lowest BCUT2D eigenvalue weighted by Crippen LogP contribution is -2.26. The third kappa shape index (κ3) is 1.95. The van der Waals surface area contributed by atoms with Gasteiger partial charge in [0.05, 0.1) is 10.7 Å². The van der Waals surface area contributed by atoms with Crippen LogP contribution in [-0.4, -0.2) is 9.55 Å². The Bertz CT molecular complexity index is 756. The van der Waals surface area contributed by atoms with Crippen LogP contribution in [0.5, 0.6) is 0 Å². The second-order valence-electron chi connectivity index (χ2n) is 4.78. The average molecular weight is 293 g/mol. The van der Waals surface area contributed by atoms with E-state index in [2.05, 4.69) is 4.98 Å². The van der Waals surface area contributed by atoms with Crippen molar-refractivity contribution >= 4 is 23.8 Å². The summed E-state index contributed by atoms with van der Waals surface area (Å²) in [4.78, 5) is 15.0. The van der Waals surface area contributed by atoms with Crippen LogP contribution < -0.4 is 5.69 Å². The quantitative estimate of drug-likeness (QED) is 0.819. The van der Waals surface area contributed by atoms with Crippen LogP contribution in [0.3, 0.4) is 0 Å². The molecule has 0 amide bonds. The van der Waals surface area contributed by atoms with Gasteiger partial charge in [0.15, 0.2) is 0 Å². The highest BCUT2D eigenvalue weighted by Gasteiger charge is 2.21. The highest BCUT2D eigenvalue weighted by atomic mass is 35.5. The van der Waals surface area contributed by atoms with Gasteiger partial charge in [-0.1, -0.05) is 36.0 Å². The van der Waals surface area contributed by atoms with E-state index in [4.69, 9.17) is 23.8 Å². The number of aryl methyl sites for hydroxylation is 1. The standard InChI is InChI=1S/C14H13ClN2OS/c1-8-4-2-6-10(15)12(8)17-11-7-3-5-9(11)13(19)16-14(17)18/h2,4,6H,3,5,7H2,1H3,(H,16,18,19). The molecule has 1 aromatic carbocycles. The van der Waals surface area contributed by atoms with Crippen LogP contribution in [0.15, 0.2) is 23.0 Å². The zero-order chi connectivity index (χ0) is 13.6. The summed E-state index contributed by atoms with van der Waals surface area (Å²) in [5, 5.41) is 0.585. The minimum Gasteiger partial charge on any atom is -0.298 e. The fraction of sp³-hybridized carbons (Fsp3) is 0.286. The SMILES string of the molecule is Cc1cccc(Cl)c1-n1c2c(c(=S)[nH]c1=O)CCC2. The lowest BCUT2D eigenvalue weighted by atomic mass is 10.1. The monoisotopic (exact) mass is 292 g/mol. The Balaban J connectivity index is 2.42. The van der Waals surface area contributed by atoms with Crippen molar-refractivity contribution in [2.75, 3.05) is 0 Å². The number of rotatable bonds is 1. The van der Waals surface area contributed by atoms with Crippen molar-refractivity contribution in [1.82, 2.24) is 9.55 Å². The summed E-state index contributed by atoms with van der Waals surface area (Å²) in [5.74, 6) is 0. The zero-order valence-corrected chi connectivity index (χ0v) is 12.1. The van der Waals surface area contributed by atoms with Crippen LogP contribution in [0.25, 0.3) is 5.69 Å². The highest BCUT2D eigenvalue weighted by molar-refractivity contribution is 7.71. The topological polar surface area (TPSA) is 37.8 Å². The second kappa shape index (κ2) is 4.62. The molecule has 3 nitrogen and oxygen atoms in total. The molecule has 0 radical (unpaired) electrons. The maximum absolute atomic E-state index is 12.3. The van der Waals surface area contributed by atoms with Gasteiger partial charge in [-0.3, -0.25) is 9.55 Å². The molecule has 1 aromatic heterocycles. The number of aromatic nitrogens is 2. The largest absolute Gasteiger partial charge is 0.331 e. The molecule has 3 rings (SSSR count). The fourth-order valence-corrected chi connectivity index (χ4v) is 3.33. The Kier molecular flexibility index (Phi) is 3.07. The van der Waals surface area contributed by atoms with Crippen LogP contribution in [0.4, 0.5) is 0 Å². The third-order valence-corrected chi connectivity index (χ3v) is 4.22. The summed E-state index contributed by atoms with van der Waals surface area (Å²) in [7, 11) is 0. The average Bonchev–Trinajstić information content (AvgIpc) is 2.82. The number of para-hydroxylation sites is 1. The molecule has 1 aliphatic carbocycles. The molecule has 0 saturated carbocycles. The summed E-state index contributed by atoms with van der Waals surface area (Å²) in [6.45, 7) is 1.95. The molecular weight excluding hydrogens is 280 g/mol. The van der Waals surface area contributed by atoms with Gasteiger partial charge < -0.3 is 0 Å². The third-order valence-electron chi connectivity index (χ3n) is 3.57. The summed E-state index contributed by atoms with van der Waals surface area (Å²) in [5.41, 5.74) is 3.62. The highest BCUT2D eigenvalue weighted by Crippen LogP contribution is 2.28. The van der Waals surface area contributed by atoms with Gasteiger partial charge >= 0.3 is 5.69 Å². The number of halogens is 1. The first-order valence-electron chi connectivity index (χ1n) is 6.22. The molecule has 0 bridgehead atoms. The molecular formula is C14H13ClN2OS. The van der Waals surface area contributed by atoms with Crippen LogP contribution in [0.1, 0.15) is 23.2 Å². The van der Waals surface area contributed by atoms with E-state index in [-0.39, 0.29) is 5.69 Å². The van der Waals surface area contributed by atoms with Crippen LogP contribution in [0.2, 0.25) is 5.02 Å². The van der Waals surface area contributed by atoms with E-state index in [1.165, 1.54) is 0 Å². The van der Waals surface area contributed by atoms with E-state index in [0.717, 1.165) is 41.8 Å². The number of hydrogen-bond donors (Lipinski definition) is 1. The maximum Gasteiger partial charge on any atom is 0.331 e. The minimum absolute atomic E-state index is 0.207. The molecule has 0 saturated heterocycles. The van der Waals surface area contributed by atoms with Gasteiger partial charge in [0, 0.05) is 11.3 Å². The lowest BCUT2D eigenvalue weighted by Gasteiger charge is -2.15. The molecule has 0 aliphatic heterocycles. The number of aromatic amines is 1. The minimum atomic E-state index is -0.207. The number of H-pyrrole nitrogens is 1. The second-order valence-corrected chi connectivity index (χ2v) is 5.59. The van der Waals surface area contributed by atoms with Crippen LogP contribution in [-0.2, 0) is 12.8 Å². The normalized spacial score (nSPS) is 13.6. The molecule has 0 atom stereocenters. The predicted molar refractivity (Wildman–Crippen MR) is 79.0 cm³/mol. The van der Waals surface area contributed by atoms with E-state index >= 15 is 0 Å².